The molecule has 1 heterocycles. The van der Waals surface area contributed by atoms with Crippen molar-refractivity contribution in [1.82, 2.24) is 4.90 Å². The summed E-state index contributed by atoms with van der Waals surface area (Å²) in [6.07, 6.45) is 1.96. The van der Waals surface area contributed by atoms with Crippen molar-refractivity contribution in [2.75, 3.05) is 43.6 Å². The fraction of sp³-hybridized carbons (Fsp3) is 0.409. The molecule has 7 nitrogen and oxygen atoms in total. The van der Waals surface area contributed by atoms with Gasteiger partial charge in [-0.2, -0.15) is 0 Å². The second-order valence-corrected chi connectivity index (χ2v) is 7.99. The predicted octanol–water partition coefficient (Wildman–Crippen LogP) is 4.09. The van der Waals surface area contributed by atoms with Crippen molar-refractivity contribution in [2.45, 2.75) is 25.4 Å². The number of aromatic hydroxyl groups is 1. The molecule has 2 amide bonds. The zero-order valence-corrected chi connectivity index (χ0v) is 17.7. The van der Waals surface area contributed by atoms with E-state index in [9.17, 15) is 9.90 Å². The molecular formula is C22H26ClN3O4. The van der Waals surface area contributed by atoms with Crippen LogP contribution in [0.4, 0.5) is 16.2 Å². The highest BCUT2D eigenvalue weighted by atomic mass is 35.5. The van der Waals surface area contributed by atoms with E-state index in [-0.39, 0.29) is 17.8 Å². The fourth-order valence-corrected chi connectivity index (χ4v) is 3.82. The summed E-state index contributed by atoms with van der Waals surface area (Å²) < 4.78 is 10.6. The molecule has 0 unspecified atom stereocenters. The molecule has 8 heteroatoms. The van der Waals surface area contributed by atoms with E-state index in [1.807, 2.05) is 17.0 Å². The summed E-state index contributed by atoms with van der Waals surface area (Å²) in [5.74, 6) is 0.478. The molecule has 160 valence electrons. The summed E-state index contributed by atoms with van der Waals surface area (Å²) in [7, 11) is 1.51. The van der Waals surface area contributed by atoms with E-state index < -0.39 is 0 Å². The number of hydrogen-bond acceptors (Lipinski definition) is 5. The van der Waals surface area contributed by atoms with Gasteiger partial charge in [0.05, 0.1) is 31.7 Å². The smallest absolute Gasteiger partial charge is 0.322 e. The Kier molecular flexibility index (Phi) is 6.20. The zero-order valence-electron chi connectivity index (χ0n) is 16.9. The molecule has 1 aliphatic carbocycles. The third-order valence-electron chi connectivity index (χ3n) is 5.40. The largest absolute Gasteiger partial charge is 0.504 e. The lowest BCUT2D eigenvalue weighted by molar-refractivity contribution is 0.123. The van der Waals surface area contributed by atoms with Gasteiger partial charge < -0.3 is 29.7 Å². The second-order valence-electron chi connectivity index (χ2n) is 7.56. The number of benzene rings is 2. The number of rotatable bonds is 6. The number of carbonyl (C=O) groups excluding carboxylic acids is 1. The van der Waals surface area contributed by atoms with Gasteiger partial charge in [0.15, 0.2) is 11.5 Å². The molecule has 0 atom stereocenters. The van der Waals surface area contributed by atoms with Crippen molar-refractivity contribution < 1.29 is 19.4 Å². The quantitative estimate of drug-likeness (QED) is 0.720. The third-order valence-corrected chi connectivity index (χ3v) is 5.63. The van der Waals surface area contributed by atoms with Crippen LogP contribution in [0, 0.1) is 0 Å². The first kappa shape index (κ1) is 20.6. The number of methoxy groups -OCH3 is 1. The summed E-state index contributed by atoms with van der Waals surface area (Å²) in [5.41, 5.74) is 2.53. The Labute approximate surface area is 181 Å². The van der Waals surface area contributed by atoms with Crippen molar-refractivity contribution >= 4 is 29.0 Å². The van der Waals surface area contributed by atoms with E-state index in [4.69, 9.17) is 21.1 Å². The van der Waals surface area contributed by atoms with Crippen molar-refractivity contribution in [3.8, 4) is 11.5 Å². The number of phenolic OH excluding ortho intramolecular Hbond substituents is 1. The highest BCUT2D eigenvalue weighted by Crippen LogP contribution is 2.34. The van der Waals surface area contributed by atoms with Crippen molar-refractivity contribution in [1.29, 1.82) is 0 Å². The van der Waals surface area contributed by atoms with Gasteiger partial charge in [-0.1, -0.05) is 17.7 Å². The molecule has 2 aliphatic rings. The summed E-state index contributed by atoms with van der Waals surface area (Å²) >= 11 is 6.23. The molecule has 1 aliphatic heterocycles. The fourth-order valence-electron chi connectivity index (χ4n) is 3.65. The molecular weight excluding hydrogens is 406 g/mol. The SMILES string of the molecule is COc1cc(CN(C(=O)Nc2cc(Cl)ccc2N2CCOCC2)C2CC2)ccc1O. The number of halogens is 1. The molecule has 0 bridgehead atoms. The second kappa shape index (κ2) is 9.02. The maximum atomic E-state index is 13.2. The van der Waals surface area contributed by atoms with E-state index in [0.29, 0.717) is 36.2 Å². The van der Waals surface area contributed by atoms with Gasteiger partial charge in [-0.25, -0.2) is 4.79 Å². The van der Waals surface area contributed by atoms with Crippen LogP contribution in [0.2, 0.25) is 5.02 Å². The molecule has 1 saturated heterocycles. The van der Waals surface area contributed by atoms with Gasteiger partial charge in [-0.05, 0) is 48.7 Å². The molecule has 1 saturated carbocycles. The molecule has 0 spiro atoms. The lowest BCUT2D eigenvalue weighted by Crippen LogP contribution is -2.39. The third kappa shape index (κ3) is 4.74. The number of morpholine rings is 1. The van der Waals surface area contributed by atoms with Crippen molar-refractivity contribution in [2.24, 2.45) is 0 Å². The molecule has 0 aromatic heterocycles. The maximum Gasteiger partial charge on any atom is 0.322 e. The van der Waals surface area contributed by atoms with E-state index in [2.05, 4.69) is 10.2 Å². The normalized spacial score (nSPS) is 16.3. The molecule has 2 N–H and O–H groups in total. The molecule has 2 aromatic rings. The number of amides is 2. The topological polar surface area (TPSA) is 74.3 Å². The predicted molar refractivity (Wildman–Crippen MR) is 117 cm³/mol. The summed E-state index contributed by atoms with van der Waals surface area (Å²) in [6, 6.07) is 10.8. The minimum absolute atomic E-state index is 0.0813. The number of ether oxygens (including phenoxy) is 2. The summed E-state index contributed by atoms with van der Waals surface area (Å²) in [4.78, 5) is 17.2. The van der Waals surface area contributed by atoms with Crippen molar-refractivity contribution in [3.05, 3.63) is 47.0 Å². The Hall–Kier alpha value is -2.64. The summed E-state index contributed by atoms with van der Waals surface area (Å²) in [5, 5.41) is 13.5. The Morgan fingerprint density at radius 2 is 2.03 bits per heavy atom. The average molecular weight is 432 g/mol. The van der Waals surface area contributed by atoms with Crippen molar-refractivity contribution in [3.63, 3.8) is 0 Å². The van der Waals surface area contributed by atoms with Gasteiger partial charge in [-0.15, -0.1) is 0 Å². The molecule has 0 radical (unpaired) electrons. The first-order valence-corrected chi connectivity index (χ1v) is 10.5. The van der Waals surface area contributed by atoms with Crippen LogP contribution in [0.25, 0.3) is 0 Å². The number of hydrogen-bond donors (Lipinski definition) is 2. The van der Waals surface area contributed by atoms with E-state index in [0.717, 1.165) is 37.2 Å². The first-order valence-electron chi connectivity index (χ1n) is 10.1. The lowest BCUT2D eigenvalue weighted by atomic mass is 10.2. The highest BCUT2D eigenvalue weighted by molar-refractivity contribution is 6.31. The van der Waals surface area contributed by atoms with Gasteiger partial charge in [0.1, 0.15) is 0 Å². The van der Waals surface area contributed by atoms with Gasteiger partial charge in [0, 0.05) is 30.7 Å². The number of nitrogens with zero attached hydrogens (tertiary/aromatic N) is 2. The Morgan fingerprint density at radius 3 is 2.73 bits per heavy atom. The monoisotopic (exact) mass is 431 g/mol. The first-order chi connectivity index (χ1) is 14.5. The van der Waals surface area contributed by atoms with Gasteiger partial charge in [0.25, 0.3) is 0 Å². The lowest BCUT2D eigenvalue weighted by Gasteiger charge is -2.31. The van der Waals surface area contributed by atoms with Crippen LogP contribution >= 0.6 is 11.6 Å². The highest BCUT2D eigenvalue weighted by Gasteiger charge is 2.33. The Morgan fingerprint density at radius 1 is 1.27 bits per heavy atom. The Bertz CT molecular complexity index is 913. The van der Waals surface area contributed by atoms with Gasteiger partial charge in [-0.3, -0.25) is 0 Å². The Balaban J connectivity index is 1.53. The minimum atomic E-state index is -0.165. The van der Waals surface area contributed by atoms with Crippen LogP contribution in [0.1, 0.15) is 18.4 Å². The van der Waals surface area contributed by atoms with Crippen LogP contribution in [-0.4, -0.2) is 55.5 Å². The van der Waals surface area contributed by atoms with E-state index >= 15 is 0 Å². The molecule has 2 fully saturated rings. The number of carbonyl (C=O) groups is 1. The molecule has 2 aromatic carbocycles. The number of nitrogens with one attached hydrogen (secondary N) is 1. The van der Waals surface area contributed by atoms with Gasteiger partial charge in [0.2, 0.25) is 0 Å². The van der Waals surface area contributed by atoms with E-state index in [1.54, 1.807) is 24.3 Å². The van der Waals surface area contributed by atoms with Gasteiger partial charge >= 0.3 is 6.03 Å². The molecule has 30 heavy (non-hydrogen) atoms. The van der Waals surface area contributed by atoms with Crippen LogP contribution in [0.15, 0.2) is 36.4 Å². The standard InChI is InChI=1S/C22H26ClN3O4/c1-29-21-12-15(2-7-20(21)27)14-26(17-4-5-17)22(28)24-18-13-16(23)3-6-19(18)25-8-10-30-11-9-25/h2-3,6-7,12-13,17,27H,4-5,8-11,14H2,1H3,(H,24,28). The minimum Gasteiger partial charge on any atom is -0.504 e. The zero-order chi connectivity index (χ0) is 21.1. The number of urea groups is 1. The maximum absolute atomic E-state index is 13.2. The summed E-state index contributed by atoms with van der Waals surface area (Å²) in [6.45, 7) is 3.29. The van der Waals surface area contributed by atoms with Crippen LogP contribution in [0.3, 0.4) is 0 Å². The average Bonchev–Trinajstić information content (AvgIpc) is 3.59. The van der Waals surface area contributed by atoms with Crippen LogP contribution in [-0.2, 0) is 11.3 Å². The number of phenols is 1. The molecule has 4 rings (SSSR count). The van der Waals surface area contributed by atoms with E-state index in [1.165, 1.54) is 7.11 Å². The number of anilines is 2. The van der Waals surface area contributed by atoms with Crippen LogP contribution in [0.5, 0.6) is 11.5 Å². The van der Waals surface area contributed by atoms with Crippen LogP contribution < -0.4 is 15.0 Å².